The van der Waals surface area contributed by atoms with E-state index < -0.39 is 0 Å². The highest BCUT2D eigenvalue weighted by atomic mass is 35.5. The molecule has 0 radical (unpaired) electrons. The van der Waals surface area contributed by atoms with Gasteiger partial charge in [-0.1, -0.05) is 29.4 Å². The van der Waals surface area contributed by atoms with Crippen LogP contribution >= 0.6 is 23.4 Å². The van der Waals surface area contributed by atoms with Crippen LogP contribution in [0.3, 0.4) is 0 Å². The van der Waals surface area contributed by atoms with Gasteiger partial charge < -0.3 is 9.64 Å². The Morgan fingerprint density at radius 2 is 2.35 bits per heavy atom. The molecule has 1 aromatic carbocycles. The summed E-state index contributed by atoms with van der Waals surface area (Å²) in [5.41, 5.74) is 0.772. The van der Waals surface area contributed by atoms with Gasteiger partial charge >= 0.3 is 0 Å². The van der Waals surface area contributed by atoms with Gasteiger partial charge in [-0.2, -0.15) is 0 Å². The molecular formula is C14H17ClN6OS. The predicted octanol–water partition coefficient (Wildman–Crippen LogP) is 2.04. The number of benzene rings is 1. The van der Waals surface area contributed by atoms with Gasteiger partial charge in [0.2, 0.25) is 0 Å². The number of thioether (sulfide) groups is 1. The van der Waals surface area contributed by atoms with Crippen LogP contribution in [0.2, 0.25) is 5.02 Å². The molecule has 2 heterocycles. The van der Waals surface area contributed by atoms with Crippen LogP contribution in [0.5, 0.6) is 0 Å². The minimum atomic E-state index is -0.0946. The van der Waals surface area contributed by atoms with Crippen LogP contribution in [0.15, 0.2) is 29.3 Å². The van der Waals surface area contributed by atoms with Crippen molar-refractivity contribution in [2.75, 3.05) is 33.1 Å². The van der Waals surface area contributed by atoms with Crippen LogP contribution in [-0.2, 0) is 4.74 Å². The monoisotopic (exact) mass is 352 g/mol. The second-order valence-corrected chi connectivity index (χ2v) is 6.12. The third-order valence-electron chi connectivity index (χ3n) is 3.51. The molecule has 9 heteroatoms. The fourth-order valence-corrected chi connectivity index (χ4v) is 3.27. The first-order valence-electron chi connectivity index (χ1n) is 7.14. The van der Waals surface area contributed by atoms with E-state index in [2.05, 4.69) is 25.3 Å². The summed E-state index contributed by atoms with van der Waals surface area (Å²) in [7, 11) is 1.79. The third kappa shape index (κ3) is 3.49. The van der Waals surface area contributed by atoms with Crippen molar-refractivity contribution in [1.82, 2.24) is 25.1 Å². The fourth-order valence-electron chi connectivity index (χ4n) is 2.45. The van der Waals surface area contributed by atoms with E-state index in [0.29, 0.717) is 24.1 Å². The molecule has 1 atom stereocenters. The second-order valence-electron chi connectivity index (χ2n) is 4.91. The van der Waals surface area contributed by atoms with Gasteiger partial charge in [0.05, 0.1) is 18.9 Å². The Morgan fingerprint density at radius 1 is 1.48 bits per heavy atom. The molecule has 0 aliphatic carbocycles. The van der Waals surface area contributed by atoms with E-state index in [4.69, 9.17) is 16.3 Å². The topological polar surface area (TPSA) is 68.4 Å². The molecule has 23 heavy (non-hydrogen) atoms. The maximum atomic E-state index is 6.02. The van der Waals surface area contributed by atoms with Crippen molar-refractivity contribution in [3.8, 4) is 5.69 Å². The highest BCUT2D eigenvalue weighted by Gasteiger charge is 2.30. The average Bonchev–Trinajstić information content (AvgIpc) is 3.06. The Morgan fingerprint density at radius 3 is 3.09 bits per heavy atom. The normalized spacial score (nSPS) is 19.2. The Kier molecular flexibility index (Phi) is 5.14. The molecule has 1 aromatic heterocycles. The zero-order valence-corrected chi connectivity index (χ0v) is 14.5. The molecule has 0 amide bonds. The van der Waals surface area contributed by atoms with Gasteiger partial charge in [0.1, 0.15) is 6.04 Å². The van der Waals surface area contributed by atoms with Gasteiger partial charge in [-0.05, 0) is 29.7 Å². The first kappa shape index (κ1) is 16.2. The largest absolute Gasteiger partial charge is 0.377 e. The Balaban J connectivity index is 1.88. The van der Waals surface area contributed by atoms with Crippen LogP contribution in [0.4, 0.5) is 0 Å². The Hall–Kier alpha value is -1.64. The van der Waals surface area contributed by atoms with Crippen molar-refractivity contribution in [3.63, 3.8) is 0 Å². The van der Waals surface area contributed by atoms with Crippen molar-refractivity contribution in [2.45, 2.75) is 6.04 Å². The summed E-state index contributed by atoms with van der Waals surface area (Å²) in [6, 6.07) is 7.24. The van der Waals surface area contributed by atoms with Crippen LogP contribution in [0.25, 0.3) is 5.69 Å². The lowest BCUT2D eigenvalue weighted by Gasteiger charge is -2.35. The number of hydrogen-bond acceptors (Lipinski definition) is 6. The standard InChI is InChI=1S/C14H17ClN6OS/c1-16-14(23-2)20-6-7-22-9-12(20)13-17-19-21(18-13)11-5-3-4-10(15)8-11/h3-5,8,12H,6-7,9H2,1-2H3. The summed E-state index contributed by atoms with van der Waals surface area (Å²) in [4.78, 5) is 7.97. The summed E-state index contributed by atoms with van der Waals surface area (Å²) in [5.74, 6) is 0.611. The van der Waals surface area contributed by atoms with E-state index in [0.717, 1.165) is 17.4 Å². The molecule has 0 bridgehead atoms. The number of amidine groups is 1. The van der Waals surface area contributed by atoms with Gasteiger partial charge in [0.25, 0.3) is 0 Å². The van der Waals surface area contributed by atoms with E-state index >= 15 is 0 Å². The van der Waals surface area contributed by atoms with Gasteiger partial charge in [0.15, 0.2) is 11.0 Å². The fraction of sp³-hybridized carbons (Fsp3) is 0.429. The predicted molar refractivity (Wildman–Crippen MR) is 91.3 cm³/mol. The number of morpholine rings is 1. The van der Waals surface area contributed by atoms with Crippen LogP contribution in [-0.4, -0.2) is 63.3 Å². The Bertz CT molecular complexity index is 706. The first-order chi connectivity index (χ1) is 11.2. The average molecular weight is 353 g/mol. The van der Waals surface area contributed by atoms with Crippen LogP contribution in [0.1, 0.15) is 11.9 Å². The van der Waals surface area contributed by atoms with Crippen molar-refractivity contribution in [1.29, 1.82) is 0 Å². The molecule has 1 saturated heterocycles. The van der Waals surface area contributed by atoms with E-state index in [1.807, 2.05) is 24.5 Å². The van der Waals surface area contributed by atoms with E-state index in [1.54, 1.807) is 24.9 Å². The number of aliphatic imine (C=N–C) groups is 1. The number of ether oxygens (including phenoxy) is 1. The minimum absolute atomic E-state index is 0.0946. The molecule has 1 unspecified atom stereocenters. The van der Waals surface area contributed by atoms with Crippen molar-refractivity contribution in [3.05, 3.63) is 35.1 Å². The zero-order valence-electron chi connectivity index (χ0n) is 12.9. The molecule has 3 rings (SSSR count). The van der Waals surface area contributed by atoms with E-state index in [-0.39, 0.29) is 6.04 Å². The summed E-state index contributed by atoms with van der Waals surface area (Å²) < 4.78 is 5.60. The lowest BCUT2D eigenvalue weighted by Crippen LogP contribution is -2.42. The van der Waals surface area contributed by atoms with Gasteiger partial charge in [-0.15, -0.1) is 15.0 Å². The number of halogens is 1. The maximum absolute atomic E-state index is 6.02. The quantitative estimate of drug-likeness (QED) is 0.608. The van der Waals surface area contributed by atoms with Crippen molar-refractivity contribution >= 4 is 28.5 Å². The summed E-state index contributed by atoms with van der Waals surface area (Å²) in [5, 5.41) is 14.4. The van der Waals surface area contributed by atoms with Crippen LogP contribution < -0.4 is 0 Å². The SMILES string of the molecule is CN=C(SC)N1CCOCC1c1nnn(-c2cccc(Cl)c2)n1. The summed E-state index contributed by atoms with van der Waals surface area (Å²) >= 11 is 7.62. The summed E-state index contributed by atoms with van der Waals surface area (Å²) in [6.45, 7) is 1.93. The maximum Gasteiger partial charge on any atom is 0.200 e. The first-order valence-corrected chi connectivity index (χ1v) is 8.74. The molecule has 2 aromatic rings. The van der Waals surface area contributed by atoms with Crippen molar-refractivity contribution < 1.29 is 4.74 Å². The minimum Gasteiger partial charge on any atom is -0.377 e. The number of nitrogens with zero attached hydrogens (tertiary/aromatic N) is 6. The molecule has 1 fully saturated rings. The Labute approximate surface area is 143 Å². The molecule has 1 aliphatic heterocycles. The smallest absolute Gasteiger partial charge is 0.200 e. The van der Waals surface area contributed by atoms with Gasteiger partial charge in [0, 0.05) is 18.6 Å². The van der Waals surface area contributed by atoms with E-state index in [1.165, 1.54) is 4.80 Å². The van der Waals surface area contributed by atoms with Gasteiger partial charge in [-0.3, -0.25) is 4.99 Å². The molecule has 7 nitrogen and oxygen atoms in total. The van der Waals surface area contributed by atoms with Gasteiger partial charge in [-0.25, -0.2) is 0 Å². The number of rotatable bonds is 2. The molecule has 0 spiro atoms. The van der Waals surface area contributed by atoms with E-state index in [9.17, 15) is 0 Å². The lowest BCUT2D eigenvalue weighted by molar-refractivity contribution is 0.0241. The van der Waals surface area contributed by atoms with Crippen LogP contribution in [0, 0.1) is 0 Å². The number of tetrazole rings is 1. The highest BCUT2D eigenvalue weighted by molar-refractivity contribution is 8.13. The number of aromatic nitrogens is 4. The van der Waals surface area contributed by atoms with Crippen molar-refractivity contribution in [2.24, 2.45) is 4.99 Å². The lowest BCUT2D eigenvalue weighted by atomic mass is 10.2. The molecular weight excluding hydrogens is 336 g/mol. The molecule has 1 aliphatic rings. The molecule has 0 N–H and O–H groups in total. The second kappa shape index (κ2) is 7.29. The molecule has 0 saturated carbocycles. The molecule has 122 valence electrons. The number of hydrogen-bond donors (Lipinski definition) is 0. The third-order valence-corrected chi connectivity index (χ3v) is 4.53. The highest BCUT2D eigenvalue weighted by Crippen LogP contribution is 2.24. The zero-order chi connectivity index (χ0) is 16.2. The summed E-state index contributed by atoms with van der Waals surface area (Å²) in [6.07, 6.45) is 2.01.